The number of halogens is 1. The maximum Gasteiger partial charge on any atom is 0.197 e. The second kappa shape index (κ2) is 7.71. The van der Waals surface area contributed by atoms with Gasteiger partial charge in [0.25, 0.3) is 0 Å². The number of methoxy groups -OCH3 is 1. The van der Waals surface area contributed by atoms with E-state index in [0.29, 0.717) is 40.6 Å². The predicted molar refractivity (Wildman–Crippen MR) is 112 cm³/mol. The number of phenols is 1. The highest BCUT2D eigenvalue weighted by atomic mass is 35.5. The Balaban J connectivity index is 2.02. The number of phenolic OH excluding ortho intramolecular Hbond substituents is 1. The van der Waals surface area contributed by atoms with E-state index in [4.69, 9.17) is 20.8 Å². The molecule has 152 valence electrons. The standard InChI is InChI=1S/C22H22ClNO5/c1-24-8-7-13(17(27)11-24)20-19(28-2)10-16(26)21-15(25)9-18(29-22(20)21)12-5-3-4-6-14(12)23/h3-6,9-10,13,17,26-27H,7-8,11H2,1-2H3/t13-,17+/m0/s1. The van der Waals surface area contributed by atoms with E-state index in [-0.39, 0.29) is 28.1 Å². The fourth-order valence-electron chi connectivity index (χ4n) is 4.05. The van der Waals surface area contributed by atoms with Crippen molar-refractivity contribution >= 4 is 22.6 Å². The van der Waals surface area contributed by atoms with Crippen LogP contribution in [0.1, 0.15) is 17.9 Å². The van der Waals surface area contributed by atoms with Gasteiger partial charge in [0, 0.05) is 35.7 Å². The van der Waals surface area contributed by atoms with Gasteiger partial charge in [0.1, 0.15) is 28.2 Å². The lowest BCUT2D eigenvalue weighted by molar-refractivity contribution is 0.0630. The number of β-amino-alcohol motifs (C(OH)–C–C–N with tert-alkyl or cyclic N) is 1. The Morgan fingerprint density at radius 3 is 2.72 bits per heavy atom. The van der Waals surface area contributed by atoms with Crippen LogP contribution < -0.4 is 10.2 Å². The molecule has 0 unspecified atom stereocenters. The van der Waals surface area contributed by atoms with Crippen LogP contribution in [-0.2, 0) is 0 Å². The van der Waals surface area contributed by atoms with Gasteiger partial charge in [0.05, 0.1) is 18.2 Å². The highest BCUT2D eigenvalue weighted by Crippen LogP contribution is 2.43. The average molecular weight is 416 g/mol. The summed E-state index contributed by atoms with van der Waals surface area (Å²) in [5, 5.41) is 21.7. The van der Waals surface area contributed by atoms with E-state index in [1.54, 1.807) is 24.3 Å². The summed E-state index contributed by atoms with van der Waals surface area (Å²) in [7, 11) is 3.43. The molecule has 1 saturated heterocycles. The van der Waals surface area contributed by atoms with E-state index in [1.807, 2.05) is 11.9 Å². The fourth-order valence-corrected chi connectivity index (χ4v) is 4.28. The van der Waals surface area contributed by atoms with E-state index in [2.05, 4.69) is 0 Å². The molecule has 0 saturated carbocycles. The molecule has 0 amide bonds. The van der Waals surface area contributed by atoms with Gasteiger partial charge in [-0.2, -0.15) is 0 Å². The largest absolute Gasteiger partial charge is 0.507 e. The average Bonchev–Trinajstić information content (AvgIpc) is 2.68. The molecule has 7 heteroatoms. The molecule has 0 spiro atoms. The van der Waals surface area contributed by atoms with Crippen LogP contribution in [0.2, 0.25) is 5.02 Å². The zero-order valence-electron chi connectivity index (χ0n) is 16.2. The molecule has 2 atom stereocenters. The lowest BCUT2D eigenvalue weighted by Crippen LogP contribution is -2.40. The van der Waals surface area contributed by atoms with Crippen molar-refractivity contribution in [3.8, 4) is 22.8 Å². The minimum atomic E-state index is -0.662. The molecule has 1 aliphatic heterocycles. The zero-order valence-corrected chi connectivity index (χ0v) is 16.9. The smallest absolute Gasteiger partial charge is 0.197 e. The molecule has 1 aliphatic rings. The zero-order chi connectivity index (χ0) is 20.7. The number of fused-ring (bicyclic) bond motifs is 1. The summed E-state index contributed by atoms with van der Waals surface area (Å²) in [6.07, 6.45) is -0.00170. The quantitative estimate of drug-likeness (QED) is 0.680. The fraction of sp³-hybridized carbons (Fsp3) is 0.318. The van der Waals surface area contributed by atoms with Crippen molar-refractivity contribution in [3.05, 3.63) is 57.2 Å². The first-order valence-corrected chi connectivity index (χ1v) is 9.77. The highest BCUT2D eigenvalue weighted by Gasteiger charge is 2.33. The lowest BCUT2D eigenvalue weighted by Gasteiger charge is -2.34. The van der Waals surface area contributed by atoms with Crippen LogP contribution in [0.5, 0.6) is 11.5 Å². The van der Waals surface area contributed by atoms with Gasteiger partial charge in [-0.3, -0.25) is 4.79 Å². The van der Waals surface area contributed by atoms with E-state index in [1.165, 1.54) is 19.2 Å². The van der Waals surface area contributed by atoms with Crippen LogP contribution in [0.4, 0.5) is 0 Å². The van der Waals surface area contributed by atoms with E-state index < -0.39 is 6.10 Å². The normalized spacial score (nSPS) is 20.1. The molecule has 2 aromatic carbocycles. The van der Waals surface area contributed by atoms with Crippen molar-refractivity contribution in [3.63, 3.8) is 0 Å². The Kier molecular flexibility index (Phi) is 5.25. The number of likely N-dealkylation sites (N-methyl/N-ethyl adjacent to an activating group) is 1. The Hall–Kier alpha value is -2.54. The molecule has 6 nitrogen and oxygen atoms in total. The first-order chi connectivity index (χ1) is 13.9. The van der Waals surface area contributed by atoms with Crippen LogP contribution >= 0.6 is 11.6 Å². The van der Waals surface area contributed by atoms with Gasteiger partial charge < -0.3 is 24.3 Å². The van der Waals surface area contributed by atoms with Gasteiger partial charge in [-0.25, -0.2) is 0 Å². The molecule has 0 bridgehead atoms. The summed E-state index contributed by atoms with van der Waals surface area (Å²) in [6.45, 7) is 1.27. The summed E-state index contributed by atoms with van der Waals surface area (Å²) in [5.74, 6) is 0.156. The summed E-state index contributed by atoms with van der Waals surface area (Å²) >= 11 is 6.30. The molecule has 2 N–H and O–H groups in total. The molecule has 4 rings (SSSR count). The van der Waals surface area contributed by atoms with Crippen molar-refractivity contribution in [1.82, 2.24) is 4.90 Å². The Labute approximate surface area is 172 Å². The summed E-state index contributed by atoms with van der Waals surface area (Å²) in [5.41, 5.74) is 1.00. The second-order valence-electron chi connectivity index (χ2n) is 7.40. The van der Waals surface area contributed by atoms with Crippen molar-refractivity contribution < 1.29 is 19.4 Å². The van der Waals surface area contributed by atoms with Crippen LogP contribution in [0.15, 0.2) is 45.6 Å². The lowest BCUT2D eigenvalue weighted by atomic mass is 9.85. The molecular weight excluding hydrogens is 394 g/mol. The summed E-state index contributed by atoms with van der Waals surface area (Å²) in [6, 6.07) is 9.80. The molecule has 1 fully saturated rings. The number of benzene rings is 2. The Bertz CT molecular complexity index is 1130. The van der Waals surface area contributed by atoms with Crippen LogP contribution in [0.25, 0.3) is 22.3 Å². The number of piperidine rings is 1. The van der Waals surface area contributed by atoms with Gasteiger partial charge in [-0.05, 0) is 32.1 Å². The van der Waals surface area contributed by atoms with Gasteiger partial charge >= 0.3 is 0 Å². The predicted octanol–water partition coefficient (Wildman–Crippen LogP) is 3.61. The second-order valence-corrected chi connectivity index (χ2v) is 7.80. The van der Waals surface area contributed by atoms with Crippen molar-refractivity contribution in [2.45, 2.75) is 18.4 Å². The molecule has 29 heavy (non-hydrogen) atoms. The first kappa shape index (κ1) is 19.8. The number of likely N-dealkylation sites (tertiary alicyclic amines) is 1. The maximum absolute atomic E-state index is 12.9. The summed E-state index contributed by atoms with van der Waals surface area (Å²) < 4.78 is 11.6. The van der Waals surface area contributed by atoms with Gasteiger partial charge in [-0.1, -0.05) is 23.7 Å². The number of hydrogen-bond acceptors (Lipinski definition) is 6. The van der Waals surface area contributed by atoms with E-state index in [0.717, 1.165) is 6.54 Å². The number of ether oxygens (including phenoxy) is 1. The number of rotatable bonds is 3. The third kappa shape index (κ3) is 3.48. The molecule has 0 aliphatic carbocycles. The third-order valence-corrected chi connectivity index (χ3v) is 5.83. The van der Waals surface area contributed by atoms with Gasteiger partial charge in [0.15, 0.2) is 5.43 Å². The van der Waals surface area contributed by atoms with Crippen molar-refractivity contribution in [2.75, 3.05) is 27.2 Å². The minimum absolute atomic E-state index is 0.0720. The Morgan fingerprint density at radius 2 is 2.03 bits per heavy atom. The van der Waals surface area contributed by atoms with Gasteiger partial charge in [-0.15, -0.1) is 0 Å². The molecule has 0 radical (unpaired) electrons. The summed E-state index contributed by atoms with van der Waals surface area (Å²) in [4.78, 5) is 14.9. The van der Waals surface area contributed by atoms with Crippen LogP contribution in [0.3, 0.4) is 0 Å². The number of aliphatic hydroxyl groups excluding tert-OH is 1. The minimum Gasteiger partial charge on any atom is -0.507 e. The maximum atomic E-state index is 12.9. The number of hydrogen-bond donors (Lipinski definition) is 2. The van der Waals surface area contributed by atoms with Crippen molar-refractivity contribution in [2.24, 2.45) is 0 Å². The monoisotopic (exact) mass is 415 g/mol. The molecule has 1 aromatic heterocycles. The highest BCUT2D eigenvalue weighted by molar-refractivity contribution is 6.33. The SMILES string of the molecule is COc1cc(O)c2c(=O)cc(-c3ccccc3Cl)oc2c1[C@H]1CCN(C)C[C@H]1O. The number of aromatic hydroxyl groups is 1. The molecular formula is C22H22ClNO5. The van der Waals surface area contributed by atoms with Gasteiger partial charge in [0.2, 0.25) is 0 Å². The van der Waals surface area contributed by atoms with E-state index >= 15 is 0 Å². The third-order valence-electron chi connectivity index (χ3n) is 5.50. The number of nitrogens with zero attached hydrogens (tertiary/aromatic N) is 1. The first-order valence-electron chi connectivity index (χ1n) is 9.40. The van der Waals surface area contributed by atoms with Crippen LogP contribution in [0, 0.1) is 0 Å². The van der Waals surface area contributed by atoms with E-state index in [9.17, 15) is 15.0 Å². The topological polar surface area (TPSA) is 83.1 Å². The molecule has 2 heterocycles. The number of aliphatic hydroxyl groups is 1. The van der Waals surface area contributed by atoms with Crippen LogP contribution in [-0.4, -0.2) is 48.5 Å². The van der Waals surface area contributed by atoms with Crippen molar-refractivity contribution in [1.29, 1.82) is 0 Å². The molecule has 3 aromatic rings. The Morgan fingerprint density at radius 1 is 1.28 bits per heavy atom.